The Morgan fingerprint density at radius 3 is 1.35 bits per heavy atom. The van der Waals surface area contributed by atoms with Crippen LogP contribution in [0.25, 0.3) is 0 Å². The Hall–Kier alpha value is -4.30. The first-order valence-electron chi connectivity index (χ1n) is 9.52. The van der Waals surface area contributed by atoms with Gasteiger partial charge < -0.3 is 10.6 Å². The van der Waals surface area contributed by atoms with Crippen LogP contribution >= 0.6 is 0 Å². The van der Waals surface area contributed by atoms with Crippen LogP contribution in [0.3, 0.4) is 0 Å². The first-order chi connectivity index (χ1) is 15.0. The first-order valence-corrected chi connectivity index (χ1v) is 9.52. The number of rotatable bonds is 10. The maximum Gasteiger partial charge on any atom is 0.289 e. The van der Waals surface area contributed by atoms with Gasteiger partial charge in [0, 0.05) is 13.1 Å². The van der Waals surface area contributed by atoms with Crippen molar-refractivity contribution in [2.24, 2.45) is 0 Å². The zero-order valence-corrected chi connectivity index (χ0v) is 16.6. The summed E-state index contributed by atoms with van der Waals surface area (Å²) in [5.41, 5.74) is 0.864. The highest BCUT2D eigenvalue weighted by atomic mass is 16.2. The van der Waals surface area contributed by atoms with Crippen LogP contribution in [0, 0.1) is 22.7 Å². The Morgan fingerprint density at radius 2 is 1.03 bits per heavy atom. The molecule has 0 aliphatic rings. The van der Waals surface area contributed by atoms with Crippen LogP contribution < -0.4 is 10.6 Å². The summed E-state index contributed by atoms with van der Waals surface area (Å²) in [7, 11) is 0. The summed E-state index contributed by atoms with van der Waals surface area (Å²) in [6, 6.07) is 20.2. The third kappa shape index (κ3) is 6.34. The van der Waals surface area contributed by atoms with Gasteiger partial charge in [0.25, 0.3) is 11.8 Å². The second-order valence-electron chi connectivity index (χ2n) is 6.54. The summed E-state index contributed by atoms with van der Waals surface area (Å²) in [6.07, 6.45) is 0.253. The first kappa shape index (κ1) is 23.0. The molecule has 2 amide bonds. The number of nitrogens with zero attached hydrogens (tertiary/aromatic N) is 2. The smallest absolute Gasteiger partial charge is 0.289 e. The number of benzene rings is 2. The molecule has 0 saturated heterocycles. The Bertz CT molecular complexity index is 940. The van der Waals surface area contributed by atoms with Crippen LogP contribution in [0.4, 0.5) is 0 Å². The maximum atomic E-state index is 12.2. The number of Topliss-reactive ketones (excluding diaryl/α,β-unsaturated/α-hetero) is 2. The highest BCUT2D eigenvalue weighted by Gasteiger charge is 2.27. The van der Waals surface area contributed by atoms with Crippen molar-refractivity contribution < 1.29 is 19.2 Å². The van der Waals surface area contributed by atoms with Crippen molar-refractivity contribution in [3.05, 3.63) is 71.8 Å². The quantitative estimate of drug-likeness (QED) is 0.443. The lowest BCUT2D eigenvalue weighted by molar-refractivity contribution is -0.138. The minimum Gasteiger partial charge on any atom is -0.349 e. The van der Waals surface area contributed by atoms with E-state index in [0.717, 1.165) is 0 Å². The average Bonchev–Trinajstić information content (AvgIpc) is 2.80. The van der Waals surface area contributed by atoms with Gasteiger partial charge in [-0.15, -0.1) is 0 Å². The molecule has 2 aromatic carbocycles. The lowest BCUT2D eigenvalue weighted by Crippen LogP contribution is -2.38. The van der Waals surface area contributed by atoms with Crippen molar-refractivity contribution in [3.63, 3.8) is 0 Å². The van der Waals surface area contributed by atoms with E-state index in [1.165, 1.54) is 0 Å². The van der Waals surface area contributed by atoms with Crippen LogP contribution in [0.5, 0.6) is 0 Å². The SMILES string of the molecule is N#C[C@H](C(=O)C(=O)NCCCNC(=O)C(=O)[C@@H](C#N)c1ccccc1)c1ccccc1. The van der Waals surface area contributed by atoms with Crippen molar-refractivity contribution in [2.45, 2.75) is 18.3 Å². The predicted octanol–water partition coefficient (Wildman–Crippen LogP) is 1.36. The standard InChI is InChI=1S/C23H20N4O4/c24-14-18(16-8-3-1-4-9-16)20(28)22(30)26-12-7-13-27-23(31)21(29)19(15-25)17-10-5-2-6-11-17/h1-6,8-11,18-19H,7,12-13H2,(H,26,30)(H,27,31)/t18-,19-/m0/s1. The van der Waals surface area contributed by atoms with E-state index in [2.05, 4.69) is 10.6 Å². The second kappa shape index (κ2) is 11.6. The molecule has 0 unspecified atom stereocenters. The van der Waals surface area contributed by atoms with Crippen LogP contribution in [-0.2, 0) is 19.2 Å². The molecule has 31 heavy (non-hydrogen) atoms. The van der Waals surface area contributed by atoms with E-state index in [4.69, 9.17) is 0 Å². The Balaban J connectivity index is 1.77. The largest absolute Gasteiger partial charge is 0.349 e. The summed E-state index contributed by atoms with van der Waals surface area (Å²) in [5, 5.41) is 23.2. The Morgan fingerprint density at radius 1 is 0.677 bits per heavy atom. The fourth-order valence-corrected chi connectivity index (χ4v) is 2.79. The Labute approximate surface area is 179 Å². The molecular weight excluding hydrogens is 396 g/mol. The molecule has 2 rings (SSSR count). The van der Waals surface area contributed by atoms with E-state index in [-0.39, 0.29) is 19.5 Å². The lowest BCUT2D eigenvalue weighted by atomic mass is 9.95. The number of amides is 2. The molecule has 156 valence electrons. The van der Waals surface area contributed by atoms with E-state index in [9.17, 15) is 29.7 Å². The van der Waals surface area contributed by atoms with E-state index >= 15 is 0 Å². The van der Waals surface area contributed by atoms with Gasteiger partial charge in [0.15, 0.2) is 0 Å². The van der Waals surface area contributed by atoms with E-state index in [0.29, 0.717) is 11.1 Å². The predicted molar refractivity (Wildman–Crippen MR) is 110 cm³/mol. The molecule has 0 saturated carbocycles. The molecule has 2 atom stereocenters. The van der Waals surface area contributed by atoms with Crippen molar-refractivity contribution in [2.75, 3.05) is 13.1 Å². The summed E-state index contributed by atoms with van der Waals surface area (Å²) < 4.78 is 0. The highest BCUT2D eigenvalue weighted by molar-refractivity contribution is 6.39. The summed E-state index contributed by atoms with van der Waals surface area (Å²) in [5.74, 6) is -5.92. The van der Waals surface area contributed by atoms with Gasteiger partial charge in [-0.1, -0.05) is 60.7 Å². The zero-order chi connectivity index (χ0) is 22.6. The van der Waals surface area contributed by atoms with Gasteiger partial charge in [-0.05, 0) is 17.5 Å². The van der Waals surface area contributed by atoms with Gasteiger partial charge in [0.1, 0.15) is 11.8 Å². The molecule has 0 heterocycles. The lowest BCUT2D eigenvalue weighted by Gasteiger charge is -2.10. The number of nitrogens with one attached hydrogen (secondary N) is 2. The van der Waals surface area contributed by atoms with Crippen molar-refractivity contribution >= 4 is 23.4 Å². The Kier molecular flexibility index (Phi) is 8.63. The van der Waals surface area contributed by atoms with Gasteiger partial charge in [-0.3, -0.25) is 19.2 Å². The number of hydrogen-bond acceptors (Lipinski definition) is 6. The molecule has 2 N–H and O–H groups in total. The average molecular weight is 416 g/mol. The van der Waals surface area contributed by atoms with Crippen LogP contribution in [-0.4, -0.2) is 36.5 Å². The fraction of sp³-hybridized carbons (Fsp3) is 0.217. The molecular formula is C23H20N4O4. The molecule has 0 aliphatic carbocycles. The zero-order valence-electron chi connectivity index (χ0n) is 16.6. The second-order valence-corrected chi connectivity index (χ2v) is 6.54. The van der Waals surface area contributed by atoms with Gasteiger partial charge in [0.05, 0.1) is 12.1 Å². The summed E-state index contributed by atoms with van der Waals surface area (Å²) in [6.45, 7) is 0.124. The third-order valence-corrected chi connectivity index (χ3v) is 4.42. The van der Waals surface area contributed by atoms with E-state index in [1.54, 1.807) is 60.7 Å². The topological polar surface area (TPSA) is 140 Å². The minimum absolute atomic E-state index is 0.0619. The van der Waals surface area contributed by atoms with E-state index < -0.39 is 35.2 Å². The maximum absolute atomic E-state index is 12.2. The minimum atomic E-state index is -1.19. The number of nitriles is 2. The van der Waals surface area contributed by atoms with Crippen molar-refractivity contribution in [3.8, 4) is 12.1 Å². The number of carbonyl (C=O) groups excluding carboxylic acids is 4. The van der Waals surface area contributed by atoms with Crippen LogP contribution in [0.1, 0.15) is 29.4 Å². The number of hydrogen-bond donors (Lipinski definition) is 2. The molecule has 0 bridgehead atoms. The van der Waals surface area contributed by atoms with Gasteiger partial charge in [-0.25, -0.2) is 0 Å². The van der Waals surface area contributed by atoms with Crippen LogP contribution in [0.15, 0.2) is 60.7 Å². The monoisotopic (exact) mass is 416 g/mol. The fourth-order valence-electron chi connectivity index (χ4n) is 2.79. The molecule has 0 radical (unpaired) electrons. The number of carbonyl (C=O) groups is 4. The number of ketones is 2. The van der Waals surface area contributed by atoms with Gasteiger partial charge in [0.2, 0.25) is 11.6 Å². The van der Waals surface area contributed by atoms with Crippen LogP contribution in [0.2, 0.25) is 0 Å². The van der Waals surface area contributed by atoms with E-state index in [1.807, 2.05) is 12.1 Å². The molecule has 8 nitrogen and oxygen atoms in total. The van der Waals surface area contributed by atoms with Crippen molar-refractivity contribution in [1.82, 2.24) is 10.6 Å². The molecule has 0 aromatic heterocycles. The van der Waals surface area contributed by atoms with Gasteiger partial charge in [-0.2, -0.15) is 10.5 Å². The molecule has 8 heteroatoms. The van der Waals surface area contributed by atoms with Gasteiger partial charge >= 0.3 is 0 Å². The normalized spacial score (nSPS) is 11.8. The third-order valence-electron chi connectivity index (χ3n) is 4.42. The van der Waals surface area contributed by atoms with Crippen molar-refractivity contribution in [1.29, 1.82) is 10.5 Å². The molecule has 0 spiro atoms. The summed E-state index contributed by atoms with van der Waals surface area (Å²) >= 11 is 0. The summed E-state index contributed by atoms with van der Waals surface area (Å²) in [4.78, 5) is 48.4. The molecule has 0 fully saturated rings. The molecule has 0 aliphatic heterocycles. The highest BCUT2D eigenvalue weighted by Crippen LogP contribution is 2.16. The molecule has 2 aromatic rings.